The average Bonchev–Trinajstić information content (AvgIpc) is 3.02. The normalized spacial score (nSPS) is 13.1. The molecule has 0 saturated carbocycles. The minimum atomic E-state index is -1.15. The zero-order valence-corrected chi connectivity index (χ0v) is 32.8. The van der Waals surface area contributed by atoms with Crippen LogP contribution < -0.4 is 7.71 Å². The van der Waals surface area contributed by atoms with Crippen LogP contribution in [0.15, 0.2) is 85.2 Å². The van der Waals surface area contributed by atoms with E-state index in [1.54, 1.807) is 0 Å². The summed E-state index contributed by atoms with van der Waals surface area (Å²) in [5.74, 6) is 1.30. The van der Waals surface area contributed by atoms with Gasteiger partial charge in [0.2, 0.25) is 0 Å². The summed E-state index contributed by atoms with van der Waals surface area (Å²) in [6.07, 6.45) is 3.79. The van der Waals surface area contributed by atoms with E-state index in [-0.39, 0.29) is 12.1 Å². The van der Waals surface area contributed by atoms with Crippen LogP contribution >= 0.6 is 20.0 Å². The fraction of sp³-hybridized carbons (Fsp3) is 0.389. The molecule has 2 heterocycles. The first-order valence-electron chi connectivity index (χ1n) is 15.5. The number of rotatable bonds is 13. The number of pyridine rings is 2. The molecule has 0 saturated heterocycles. The Morgan fingerprint density at radius 2 is 0.795 bits per heavy atom. The van der Waals surface area contributed by atoms with Crippen LogP contribution in [0.1, 0.15) is 125 Å². The van der Waals surface area contributed by atoms with E-state index in [4.69, 9.17) is 30.0 Å². The van der Waals surface area contributed by atoms with Crippen LogP contribution in [0.2, 0.25) is 0 Å². The van der Waals surface area contributed by atoms with Crippen molar-refractivity contribution in [1.29, 1.82) is 0 Å². The molecule has 4 aromatic rings. The summed E-state index contributed by atoms with van der Waals surface area (Å²) >= 11 is -2.29. The van der Waals surface area contributed by atoms with Crippen molar-refractivity contribution in [3.63, 3.8) is 0 Å². The van der Waals surface area contributed by atoms with Crippen LogP contribution in [0.5, 0.6) is 0 Å². The van der Waals surface area contributed by atoms with Crippen molar-refractivity contribution in [3.8, 4) is 0 Å². The molecule has 0 aliphatic heterocycles. The van der Waals surface area contributed by atoms with Crippen LogP contribution in [0.3, 0.4) is 0 Å². The Morgan fingerprint density at radius 3 is 1.02 bits per heavy atom. The van der Waals surface area contributed by atoms with Gasteiger partial charge in [-0.2, -0.15) is 0 Å². The Hall–Kier alpha value is -1.99. The third-order valence-electron chi connectivity index (χ3n) is 8.19. The molecule has 0 aliphatic carbocycles. The molecular weight excluding hydrogens is 705 g/mol. The van der Waals surface area contributed by atoms with Gasteiger partial charge in [0.15, 0.2) is 0 Å². The van der Waals surface area contributed by atoms with Crippen molar-refractivity contribution in [2.75, 3.05) is 7.71 Å². The molecule has 4 radical (unpaired) electrons. The number of anilines is 2. The number of para-hydroxylation sites is 2. The summed E-state index contributed by atoms with van der Waals surface area (Å²) in [5.41, 5.74) is 9.63. The van der Waals surface area contributed by atoms with Gasteiger partial charge < -0.3 is 0 Å². The summed E-state index contributed by atoms with van der Waals surface area (Å²) < 4.78 is 4.99. The molecule has 0 fully saturated rings. The van der Waals surface area contributed by atoms with Crippen molar-refractivity contribution >= 4 is 60.8 Å². The van der Waals surface area contributed by atoms with Crippen molar-refractivity contribution in [2.24, 2.45) is 0 Å². The van der Waals surface area contributed by atoms with Crippen LogP contribution in [-0.2, 0) is 0 Å². The van der Waals surface area contributed by atoms with Crippen molar-refractivity contribution < 1.29 is 0 Å². The predicted octanol–water partition coefficient (Wildman–Crippen LogP) is 10.3. The van der Waals surface area contributed by atoms with E-state index in [1.807, 2.05) is 24.5 Å². The maximum atomic E-state index is 7.25. The second kappa shape index (κ2) is 16.0. The molecule has 230 valence electrons. The van der Waals surface area contributed by atoms with Gasteiger partial charge in [-0.3, -0.25) is 0 Å². The monoisotopic (exact) mass is 750 g/mol. The number of aromatic nitrogens is 2. The molecule has 0 N–H and O–H groups in total. The molecule has 0 amide bonds. The Labute approximate surface area is 286 Å². The van der Waals surface area contributed by atoms with Gasteiger partial charge in [0.05, 0.1) is 0 Å². The van der Waals surface area contributed by atoms with Crippen LogP contribution in [0.25, 0.3) is 0 Å². The van der Waals surface area contributed by atoms with Crippen molar-refractivity contribution in [2.45, 2.75) is 91.1 Å². The van der Waals surface area contributed by atoms with Gasteiger partial charge in [0, 0.05) is 0 Å². The number of benzene rings is 2. The first-order valence-corrected chi connectivity index (χ1v) is 22.9. The molecule has 44 heavy (non-hydrogen) atoms. The molecule has 2 aromatic heterocycles. The average molecular weight is 749 g/mol. The molecule has 4 nitrogen and oxygen atoms in total. The molecule has 2 aromatic carbocycles. The zero-order chi connectivity index (χ0) is 32.0. The number of hydrogen-bond acceptors (Lipinski definition) is 4. The van der Waals surface area contributed by atoms with E-state index < -0.39 is 29.4 Å². The molecule has 4 rings (SSSR count). The summed E-state index contributed by atoms with van der Waals surface area (Å²) in [7, 11) is 14.5. The number of halogens is 2. The maximum absolute atomic E-state index is 7.25. The Balaban J connectivity index is 2.13. The second-order valence-corrected chi connectivity index (χ2v) is 17.0. The molecule has 0 aliphatic rings. The van der Waals surface area contributed by atoms with Gasteiger partial charge in [-0.25, -0.2) is 0 Å². The summed E-state index contributed by atoms with van der Waals surface area (Å²) in [5, 5.41) is 0. The third-order valence-corrected chi connectivity index (χ3v) is 12.9. The number of hydrogen-bond donors (Lipinski definition) is 0. The molecule has 8 heteroatoms. The summed E-state index contributed by atoms with van der Waals surface area (Å²) in [4.78, 5) is 10.1. The Morgan fingerprint density at radius 1 is 0.477 bits per heavy atom. The quantitative estimate of drug-likeness (QED) is 0.128. The molecule has 2 atom stereocenters. The fourth-order valence-electron chi connectivity index (χ4n) is 6.02. The van der Waals surface area contributed by atoms with Gasteiger partial charge in [0.25, 0.3) is 0 Å². The van der Waals surface area contributed by atoms with Gasteiger partial charge in [0.1, 0.15) is 0 Å². The molecular formula is C36H44Cl2Ge2N4. The molecule has 0 bridgehead atoms. The minimum absolute atomic E-state index is 0.219. The van der Waals surface area contributed by atoms with Gasteiger partial charge in [-0.15, -0.1) is 0 Å². The SMILES string of the molecule is CC(C)c1cccc(C(C)C)c1[N]([Ge][Cl])C(c1ccccn1)C(c1ccccn1)[N]([Ge][Cl])c1c(C(C)C)cccc1C(C)C. The van der Waals surface area contributed by atoms with Gasteiger partial charge >= 0.3 is 289 Å². The van der Waals surface area contributed by atoms with Crippen molar-refractivity contribution in [3.05, 3.63) is 119 Å². The predicted molar refractivity (Wildman–Crippen MR) is 191 cm³/mol. The first-order chi connectivity index (χ1) is 21.1. The van der Waals surface area contributed by atoms with E-state index in [0.717, 1.165) is 11.4 Å². The van der Waals surface area contributed by atoms with Crippen LogP contribution in [0.4, 0.5) is 11.4 Å². The Bertz CT molecular complexity index is 1320. The fourth-order valence-corrected chi connectivity index (χ4v) is 11.0. The summed E-state index contributed by atoms with van der Waals surface area (Å²) in [6, 6.07) is 25.4. The number of nitrogens with zero attached hydrogens (tertiary/aromatic N) is 4. The third kappa shape index (κ3) is 7.51. The topological polar surface area (TPSA) is 32.3 Å². The summed E-state index contributed by atoms with van der Waals surface area (Å²) in [6.45, 7) is 18.2. The zero-order valence-electron chi connectivity index (χ0n) is 27.1. The van der Waals surface area contributed by atoms with Crippen LogP contribution in [0, 0.1) is 0 Å². The van der Waals surface area contributed by atoms with Gasteiger partial charge in [-0.05, 0) is 0 Å². The van der Waals surface area contributed by atoms with E-state index in [2.05, 4.69) is 124 Å². The van der Waals surface area contributed by atoms with E-state index >= 15 is 0 Å². The molecule has 0 spiro atoms. The van der Waals surface area contributed by atoms with Crippen LogP contribution in [-0.4, -0.2) is 39.4 Å². The van der Waals surface area contributed by atoms with E-state index in [9.17, 15) is 0 Å². The van der Waals surface area contributed by atoms with E-state index in [1.165, 1.54) is 33.6 Å². The standard InChI is InChI=1S/C36H44Cl2Ge2N4/c1-23(2)27-15-13-16-28(24(3)4)33(27)43(39-37)35(31-19-9-11-21-41-31)36(32-20-10-12-22-42-32)44(40-38)34-29(25(5)6)17-14-18-30(34)26(7)8/h9-26,35-36H,1-8H3. The Kier molecular flexibility index (Phi) is 12.7. The van der Waals surface area contributed by atoms with E-state index in [0.29, 0.717) is 23.7 Å². The molecule has 2 unspecified atom stereocenters. The second-order valence-electron chi connectivity index (χ2n) is 12.5. The van der Waals surface area contributed by atoms with Gasteiger partial charge in [-0.1, -0.05) is 0 Å². The van der Waals surface area contributed by atoms with Crippen molar-refractivity contribution in [1.82, 2.24) is 9.97 Å². The first kappa shape index (κ1) is 34.9.